The number of carbonyl (C=O) groups excluding carboxylic acids is 1. The minimum atomic E-state index is -4.58. The van der Waals surface area contributed by atoms with Crippen molar-refractivity contribution in [2.75, 3.05) is 26.4 Å². The Hall–Kier alpha value is -2.06. The minimum absolute atomic E-state index is 0.0146. The van der Waals surface area contributed by atoms with E-state index in [1.807, 2.05) is 12.2 Å². The standard InChI is InChI=1S/C27H44NO7P/c1-2-3-4-5-6-7-8-9-10-11-12-13-14-15-16-17-18-19-20-21-27(31)28-22-23-34-36(32,33)35-25-26(30)24-29/h3-4,6-7,9-10,12-13,15-16,18-19,26,29-30H,2,5,8,11,14,17,20-25H2,1H3,(H,28,31)(H,32,33)/p-1/b4-3-,7-6-,10-9-,13-12-,16-15-,19-18-/t26-/m1/s1. The summed E-state index contributed by atoms with van der Waals surface area (Å²) in [5.74, 6) is -0.213. The molecule has 1 unspecified atom stereocenters. The average Bonchev–Trinajstić information content (AvgIpc) is 2.86. The fraction of sp³-hybridized carbons (Fsp3) is 0.519. The van der Waals surface area contributed by atoms with Crippen molar-refractivity contribution in [2.24, 2.45) is 0 Å². The summed E-state index contributed by atoms with van der Waals surface area (Å²) < 4.78 is 20.4. The first-order chi connectivity index (χ1) is 17.4. The fourth-order valence-electron chi connectivity index (χ4n) is 2.56. The van der Waals surface area contributed by atoms with E-state index in [1.165, 1.54) is 0 Å². The molecule has 2 atom stereocenters. The van der Waals surface area contributed by atoms with Crippen molar-refractivity contribution in [1.29, 1.82) is 0 Å². The van der Waals surface area contributed by atoms with E-state index in [9.17, 15) is 14.3 Å². The summed E-state index contributed by atoms with van der Waals surface area (Å²) >= 11 is 0. The van der Waals surface area contributed by atoms with Crippen molar-refractivity contribution < 1.29 is 33.5 Å². The molecule has 0 radical (unpaired) electrons. The van der Waals surface area contributed by atoms with Crippen LogP contribution in [0.15, 0.2) is 72.9 Å². The number of nitrogens with one attached hydrogen (secondary N) is 1. The van der Waals surface area contributed by atoms with Crippen molar-refractivity contribution in [2.45, 2.75) is 64.4 Å². The average molecular weight is 525 g/mol. The molecule has 8 nitrogen and oxygen atoms in total. The molecule has 0 aromatic heterocycles. The maximum absolute atomic E-state index is 11.7. The van der Waals surface area contributed by atoms with E-state index in [1.54, 1.807) is 0 Å². The van der Waals surface area contributed by atoms with Crippen molar-refractivity contribution in [1.82, 2.24) is 5.32 Å². The summed E-state index contributed by atoms with van der Waals surface area (Å²) in [6.07, 6.45) is 30.7. The van der Waals surface area contributed by atoms with E-state index in [4.69, 9.17) is 10.2 Å². The van der Waals surface area contributed by atoms with Gasteiger partial charge in [-0.05, 0) is 44.9 Å². The number of rotatable bonds is 22. The second kappa shape index (κ2) is 24.6. The molecule has 0 aliphatic rings. The Balaban J connectivity index is 3.69. The van der Waals surface area contributed by atoms with Gasteiger partial charge in [0.1, 0.15) is 6.10 Å². The van der Waals surface area contributed by atoms with Crippen LogP contribution in [0.3, 0.4) is 0 Å². The van der Waals surface area contributed by atoms with Gasteiger partial charge in [-0.3, -0.25) is 9.36 Å². The SMILES string of the molecule is CC/C=C\C/C=C\C/C=C\C/C=C\C/C=C\C/C=C\CCC(=O)NCCOP(=O)([O-])OC[C@H](O)CO. The molecule has 0 saturated heterocycles. The smallest absolute Gasteiger partial charge is 0.268 e. The van der Waals surface area contributed by atoms with Crippen LogP contribution in [0, 0.1) is 0 Å². The van der Waals surface area contributed by atoms with Gasteiger partial charge in [-0.25, -0.2) is 0 Å². The van der Waals surface area contributed by atoms with Crippen molar-refractivity contribution in [3.63, 3.8) is 0 Å². The Morgan fingerprint density at radius 3 is 1.81 bits per heavy atom. The molecule has 36 heavy (non-hydrogen) atoms. The summed E-state index contributed by atoms with van der Waals surface area (Å²) in [4.78, 5) is 23.1. The van der Waals surface area contributed by atoms with Gasteiger partial charge in [-0.1, -0.05) is 79.8 Å². The van der Waals surface area contributed by atoms with Gasteiger partial charge >= 0.3 is 0 Å². The van der Waals surface area contributed by atoms with Gasteiger partial charge in [-0.2, -0.15) is 0 Å². The number of aliphatic hydroxyl groups is 2. The first kappa shape index (κ1) is 33.9. The summed E-state index contributed by atoms with van der Waals surface area (Å²) in [5.41, 5.74) is 0. The molecule has 0 aromatic rings. The number of phosphoric acid groups is 1. The third-order valence-electron chi connectivity index (χ3n) is 4.44. The van der Waals surface area contributed by atoms with Crippen LogP contribution in [-0.2, 0) is 18.4 Å². The Morgan fingerprint density at radius 1 is 0.861 bits per heavy atom. The van der Waals surface area contributed by atoms with Crippen LogP contribution in [0.5, 0.6) is 0 Å². The third kappa shape index (κ3) is 25.0. The predicted molar refractivity (Wildman–Crippen MR) is 143 cm³/mol. The zero-order valence-electron chi connectivity index (χ0n) is 21.4. The highest BCUT2D eigenvalue weighted by molar-refractivity contribution is 7.45. The van der Waals surface area contributed by atoms with E-state index in [-0.39, 0.29) is 25.5 Å². The van der Waals surface area contributed by atoms with Gasteiger partial charge in [-0.15, -0.1) is 0 Å². The monoisotopic (exact) mass is 524 g/mol. The third-order valence-corrected chi connectivity index (χ3v) is 5.41. The molecule has 0 bridgehead atoms. The Labute approximate surface area is 216 Å². The van der Waals surface area contributed by atoms with Gasteiger partial charge in [0.15, 0.2) is 0 Å². The Morgan fingerprint density at radius 2 is 1.33 bits per heavy atom. The van der Waals surface area contributed by atoms with Gasteiger partial charge in [0.2, 0.25) is 5.91 Å². The summed E-state index contributed by atoms with van der Waals surface area (Å²) in [6.45, 7) is 0.667. The number of allylic oxidation sites excluding steroid dienone is 12. The van der Waals surface area contributed by atoms with E-state index in [0.717, 1.165) is 38.5 Å². The van der Waals surface area contributed by atoms with E-state index >= 15 is 0 Å². The largest absolute Gasteiger partial charge is 0.756 e. The highest BCUT2D eigenvalue weighted by Crippen LogP contribution is 2.37. The van der Waals surface area contributed by atoms with Crippen LogP contribution in [-0.4, -0.2) is 48.6 Å². The lowest BCUT2D eigenvalue weighted by Crippen LogP contribution is -2.27. The lowest BCUT2D eigenvalue weighted by atomic mass is 10.2. The molecule has 0 fully saturated rings. The molecule has 3 N–H and O–H groups in total. The molecule has 0 rings (SSSR count). The first-order valence-corrected chi connectivity index (χ1v) is 13.9. The molecular weight excluding hydrogens is 481 g/mol. The predicted octanol–water partition coefficient (Wildman–Crippen LogP) is 4.44. The van der Waals surface area contributed by atoms with Gasteiger partial charge in [0.25, 0.3) is 7.82 Å². The molecule has 0 aromatic carbocycles. The zero-order valence-corrected chi connectivity index (χ0v) is 22.3. The van der Waals surface area contributed by atoms with E-state index < -0.39 is 27.1 Å². The number of amides is 1. The molecule has 0 aliphatic heterocycles. The van der Waals surface area contributed by atoms with Crippen LogP contribution in [0.2, 0.25) is 0 Å². The molecule has 9 heteroatoms. The molecular formula is C27H43NO7P-. The second-order valence-electron chi connectivity index (χ2n) is 7.72. The Kier molecular flexibility index (Phi) is 23.2. The summed E-state index contributed by atoms with van der Waals surface area (Å²) in [7, 11) is -4.58. The summed E-state index contributed by atoms with van der Waals surface area (Å²) in [6, 6.07) is 0. The first-order valence-electron chi connectivity index (χ1n) is 12.5. The topological polar surface area (TPSA) is 128 Å². The highest BCUT2D eigenvalue weighted by Gasteiger charge is 2.12. The van der Waals surface area contributed by atoms with Crippen molar-refractivity contribution in [3.05, 3.63) is 72.9 Å². The molecule has 0 saturated carbocycles. The van der Waals surface area contributed by atoms with Crippen LogP contribution in [0.25, 0.3) is 0 Å². The van der Waals surface area contributed by atoms with E-state index in [2.05, 4.69) is 82.0 Å². The maximum Gasteiger partial charge on any atom is 0.268 e. The number of aliphatic hydroxyl groups excluding tert-OH is 2. The molecule has 0 aliphatic carbocycles. The van der Waals surface area contributed by atoms with Gasteiger partial charge < -0.3 is 29.5 Å². The lowest BCUT2D eigenvalue weighted by molar-refractivity contribution is -0.227. The van der Waals surface area contributed by atoms with Crippen molar-refractivity contribution >= 4 is 13.7 Å². The Bertz CT molecular complexity index is 772. The normalized spacial score (nSPS) is 15.3. The maximum atomic E-state index is 11.7. The van der Waals surface area contributed by atoms with Crippen molar-refractivity contribution in [3.8, 4) is 0 Å². The zero-order chi connectivity index (χ0) is 26.7. The highest BCUT2D eigenvalue weighted by atomic mass is 31.2. The molecule has 1 amide bonds. The van der Waals surface area contributed by atoms with Crippen LogP contribution < -0.4 is 10.2 Å². The number of phosphoric ester groups is 1. The van der Waals surface area contributed by atoms with E-state index in [0.29, 0.717) is 6.42 Å². The number of hydrogen-bond acceptors (Lipinski definition) is 7. The summed E-state index contributed by atoms with van der Waals surface area (Å²) in [5, 5.41) is 20.2. The van der Waals surface area contributed by atoms with Crippen LogP contribution in [0.4, 0.5) is 0 Å². The molecule has 0 spiro atoms. The van der Waals surface area contributed by atoms with Gasteiger partial charge in [0.05, 0.1) is 19.8 Å². The van der Waals surface area contributed by atoms with Crippen LogP contribution >= 0.6 is 7.82 Å². The number of hydrogen-bond donors (Lipinski definition) is 3. The number of carbonyl (C=O) groups is 1. The lowest BCUT2D eigenvalue weighted by Gasteiger charge is -2.23. The fourth-order valence-corrected chi connectivity index (χ4v) is 3.30. The minimum Gasteiger partial charge on any atom is -0.756 e. The van der Waals surface area contributed by atoms with Crippen LogP contribution in [0.1, 0.15) is 58.3 Å². The molecule has 204 valence electrons. The molecule has 0 heterocycles. The second-order valence-corrected chi connectivity index (χ2v) is 9.13. The quantitative estimate of drug-likeness (QED) is 0.109. The van der Waals surface area contributed by atoms with Gasteiger partial charge in [0, 0.05) is 13.0 Å².